The Labute approximate surface area is 777 Å². The Morgan fingerprint density at radius 3 is 0.489 bits per heavy atom. The minimum atomic E-state index is -0.00830. The van der Waals surface area contributed by atoms with Crippen LogP contribution in [-0.4, -0.2) is 27.0 Å². The van der Waals surface area contributed by atoms with Crippen LogP contribution < -0.4 is 9.80 Å². The monoisotopic (exact) mass is 1730 g/mol. The van der Waals surface area contributed by atoms with E-state index in [0.717, 1.165) is 90.2 Å². The SMILES string of the molecule is CC(C)(C)c1ccc2c(c1)c1cc(C(C)(C)C)ccc1n2-c1ccc(N(c2ccc(-c3ccc(-c4ccc(N(c5ccc(-n6c7ccc(C(C)(C)C)cc7c7cc(C(C)(C)C)ccc76)cc5)c5ccc(-n6c7ccc(C(C)(C)C)cc7c7cc(C(C)(C)C)ccc76)cc5)cc4)c4nsnc34)cc2)c2ccc(-n3c4ccc(C(C)(C)C)cc4c4cc(C(C)(C)C)ccc43)cc2)cc1. The second-order valence-corrected chi connectivity index (χ2v) is 45.7. The highest BCUT2D eigenvalue weighted by molar-refractivity contribution is 7.00. The Kier molecular flexibility index (Phi) is 20.2. The minimum absolute atomic E-state index is 0.00830. The molecule has 0 bridgehead atoms. The molecular formula is C122H122N8S. The van der Waals surface area contributed by atoms with Gasteiger partial charge in [0.25, 0.3) is 0 Å². The van der Waals surface area contributed by atoms with Crippen molar-refractivity contribution in [2.75, 3.05) is 9.80 Å². The van der Waals surface area contributed by atoms with E-state index in [4.69, 9.17) is 8.75 Å². The maximum Gasteiger partial charge on any atom is 0.113 e. The summed E-state index contributed by atoms with van der Waals surface area (Å²) in [7, 11) is 0. The topological polar surface area (TPSA) is 52.0 Å². The lowest BCUT2D eigenvalue weighted by Gasteiger charge is -2.26. The zero-order chi connectivity index (χ0) is 92.0. The molecule has 0 unspecified atom stereocenters. The van der Waals surface area contributed by atoms with Crippen LogP contribution in [0.15, 0.2) is 303 Å². The van der Waals surface area contributed by atoms with Crippen molar-refractivity contribution in [3.05, 3.63) is 348 Å². The Morgan fingerprint density at radius 2 is 0.336 bits per heavy atom. The van der Waals surface area contributed by atoms with Gasteiger partial charge in [0.1, 0.15) is 11.0 Å². The predicted octanol–water partition coefficient (Wildman–Crippen LogP) is 34.7. The van der Waals surface area contributed by atoms with Crippen LogP contribution in [0.1, 0.15) is 211 Å². The molecule has 656 valence electrons. The molecule has 0 aliphatic rings. The summed E-state index contributed by atoms with van der Waals surface area (Å²) in [6.07, 6.45) is 0. The zero-order valence-corrected chi connectivity index (χ0v) is 81.7. The number of hydrogen-bond donors (Lipinski definition) is 0. The number of hydrogen-bond acceptors (Lipinski definition) is 5. The highest BCUT2D eigenvalue weighted by Gasteiger charge is 2.30. The Hall–Kier alpha value is -13.1. The second-order valence-electron chi connectivity index (χ2n) is 45.1. The van der Waals surface area contributed by atoms with Gasteiger partial charge in [-0.2, -0.15) is 8.75 Å². The first kappa shape index (κ1) is 86.0. The molecule has 131 heavy (non-hydrogen) atoms. The van der Waals surface area contributed by atoms with Crippen molar-refractivity contribution in [2.45, 2.75) is 209 Å². The smallest absolute Gasteiger partial charge is 0.113 e. The van der Waals surface area contributed by atoms with Gasteiger partial charge < -0.3 is 28.1 Å². The van der Waals surface area contributed by atoms with Crippen LogP contribution in [0.3, 0.4) is 0 Å². The van der Waals surface area contributed by atoms with Gasteiger partial charge >= 0.3 is 0 Å². The molecule has 0 saturated heterocycles. The molecule has 0 fully saturated rings. The van der Waals surface area contributed by atoms with Crippen molar-refractivity contribution in [1.29, 1.82) is 0 Å². The van der Waals surface area contributed by atoms with Crippen LogP contribution in [0.2, 0.25) is 0 Å². The van der Waals surface area contributed by atoms with Gasteiger partial charge in [-0.3, -0.25) is 0 Å². The molecule has 5 aromatic heterocycles. The van der Waals surface area contributed by atoms with E-state index in [9.17, 15) is 0 Å². The number of nitrogens with zero attached hydrogens (tertiary/aromatic N) is 8. The van der Waals surface area contributed by atoms with E-state index in [1.54, 1.807) is 0 Å². The molecule has 0 aliphatic heterocycles. The van der Waals surface area contributed by atoms with E-state index in [2.05, 4.69) is 498 Å². The van der Waals surface area contributed by atoms with Crippen LogP contribution in [0.5, 0.6) is 0 Å². The van der Waals surface area contributed by atoms with Crippen LogP contribution in [-0.2, 0) is 43.3 Å². The summed E-state index contributed by atoms with van der Waals surface area (Å²) in [5.41, 5.74) is 36.7. The standard InChI is InChI=1S/C122H122N8S/c1-115(2,3)77-29-59-105-97(67-77)98-68-78(116(4,5)6)30-60-106(98)127(105)91-49-41-87(42-50-91)125(88-43-51-92(52-44-88)128-107-61-31-79(117(7,8)9)69-99(107)100-70-80(118(10,11)12)32-62-108(100)128)85-37-25-75(26-38-85)95-57-58-96(114-113(95)123-131-124-114)76-27-39-86(40-28-76)126(89-45-53-93(54-46-89)129-109-63-33-81(119(13,14)15)71-101(109)102-72-82(120(16,17)18)34-64-110(102)129)90-47-55-94(56-48-90)130-111-65-35-83(121(19,20)21)73-103(111)104-74-84(122(22,23)24)36-66-112(104)130/h25-74H,1-24H3. The average molecular weight is 1730 g/mol. The lowest BCUT2D eigenvalue weighted by Crippen LogP contribution is -2.11. The van der Waals surface area contributed by atoms with Crippen molar-refractivity contribution >= 4 is 144 Å². The van der Waals surface area contributed by atoms with Gasteiger partial charge in [-0.05, 0) is 317 Å². The van der Waals surface area contributed by atoms with Crippen molar-refractivity contribution in [3.8, 4) is 45.0 Å². The normalized spacial score (nSPS) is 13.0. The van der Waals surface area contributed by atoms with E-state index in [-0.39, 0.29) is 43.3 Å². The number of aromatic nitrogens is 6. The predicted molar refractivity (Wildman–Crippen MR) is 565 cm³/mol. The lowest BCUT2D eigenvalue weighted by molar-refractivity contribution is 0.590. The molecule has 5 heterocycles. The van der Waals surface area contributed by atoms with Gasteiger partial charge in [-0.25, -0.2) is 0 Å². The van der Waals surface area contributed by atoms with Gasteiger partial charge in [0.2, 0.25) is 0 Å². The molecule has 15 aromatic carbocycles. The highest BCUT2D eigenvalue weighted by Crippen LogP contribution is 2.49. The highest BCUT2D eigenvalue weighted by atomic mass is 32.1. The van der Waals surface area contributed by atoms with Crippen molar-refractivity contribution in [2.24, 2.45) is 0 Å². The second kappa shape index (κ2) is 30.8. The zero-order valence-electron chi connectivity index (χ0n) is 80.9. The Bertz CT molecular complexity index is 6760. The van der Waals surface area contributed by atoms with E-state index >= 15 is 0 Å². The first-order chi connectivity index (χ1) is 62.0. The molecule has 9 heteroatoms. The molecule has 20 aromatic rings. The van der Waals surface area contributed by atoms with Gasteiger partial charge in [0.05, 0.1) is 55.9 Å². The fraction of sp³-hybridized carbons (Fsp3) is 0.262. The Balaban J connectivity index is 0.669. The fourth-order valence-electron chi connectivity index (χ4n) is 19.7. The van der Waals surface area contributed by atoms with Crippen molar-refractivity contribution in [3.63, 3.8) is 0 Å². The fourth-order valence-corrected chi connectivity index (χ4v) is 20.3. The summed E-state index contributed by atoms with van der Waals surface area (Å²) >= 11 is 1.27. The summed E-state index contributed by atoms with van der Waals surface area (Å²) in [4.78, 5) is 4.80. The van der Waals surface area contributed by atoms with E-state index in [0.29, 0.717) is 0 Å². The molecule has 0 amide bonds. The van der Waals surface area contributed by atoms with E-state index in [1.165, 1.54) is 143 Å². The average Bonchev–Trinajstić information content (AvgIpc) is 1.61. The minimum Gasteiger partial charge on any atom is -0.311 e. The molecule has 0 aliphatic carbocycles. The summed E-state index contributed by atoms with van der Waals surface area (Å²) in [5, 5.41) is 10.2. The molecular weight excluding hydrogens is 1610 g/mol. The maximum atomic E-state index is 5.13. The number of anilines is 6. The molecule has 20 rings (SSSR count). The maximum absolute atomic E-state index is 5.13. The van der Waals surface area contributed by atoms with Gasteiger partial charge in [-0.15, -0.1) is 0 Å². The first-order valence-electron chi connectivity index (χ1n) is 46.8. The lowest BCUT2D eigenvalue weighted by atomic mass is 9.85. The van der Waals surface area contributed by atoms with Crippen LogP contribution in [0.25, 0.3) is 143 Å². The van der Waals surface area contributed by atoms with Crippen LogP contribution in [0, 0.1) is 0 Å². The summed E-state index contributed by atoms with van der Waals surface area (Å²) in [6.45, 7) is 55.4. The van der Waals surface area contributed by atoms with Gasteiger partial charge in [0.15, 0.2) is 0 Å². The van der Waals surface area contributed by atoms with Gasteiger partial charge in [-0.1, -0.05) is 251 Å². The Morgan fingerprint density at radius 1 is 0.183 bits per heavy atom. The van der Waals surface area contributed by atoms with Crippen molar-refractivity contribution in [1.82, 2.24) is 27.0 Å². The van der Waals surface area contributed by atoms with Crippen LogP contribution in [0.4, 0.5) is 34.1 Å². The number of benzene rings is 15. The third kappa shape index (κ3) is 15.3. The van der Waals surface area contributed by atoms with Crippen molar-refractivity contribution < 1.29 is 0 Å². The molecule has 0 saturated carbocycles. The number of fused-ring (bicyclic) bond motifs is 13. The van der Waals surface area contributed by atoms with Crippen LogP contribution >= 0.6 is 11.7 Å². The third-order valence-corrected chi connectivity index (χ3v) is 28.3. The first-order valence-corrected chi connectivity index (χ1v) is 47.6. The summed E-state index contributed by atoms with van der Waals surface area (Å²) in [5.74, 6) is 0. The molecule has 0 atom stereocenters. The largest absolute Gasteiger partial charge is 0.311 e. The number of rotatable bonds is 12. The quantitative estimate of drug-likeness (QED) is 0.122. The van der Waals surface area contributed by atoms with E-state index < -0.39 is 0 Å². The molecule has 8 nitrogen and oxygen atoms in total. The van der Waals surface area contributed by atoms with Gasteiger partial charge in [0, 0.05) is 111 Å². The molecule has 0 N–H and O–H groups in total. The molecule has 0 radical (unpaired) electrons. The van der Waals surface area contributed by atoms with E-state index in [1.807, 2.05) is 0 Å². The summed E-state index contributed by atoms with van der Waals surface area (Å²) in [6, 6.07) is 116. The summed E-state index contributed by atoms with van der Waals surface area (Å²) < 4.78 is 20.1. The third-order valence-electron chi connectivity index (χ3n) is 27.7. The molecule has 0 spiro atoms.